The molecule has 1 aliphatic carbocycles. The number of Topliss-reactive ketones (excluding diaryl/α,β-unsaturated/α-hetero) is 1. The molecule has 12 heteroatoms. The van der Waals surface area contributed by atoms with Crippen molar-refractivity contribution in [1.29, 1.82) is 0 Å². The van der Waals surface area contributed by atoms with E-state index in [0.29, 0.717) is 43.7 Å². The Hall–Kier alpha value is -2.89. The number of hydrogen-bond acceptors (Lipinski definition) is 5. The SMILES string of the molecule is CCC1(CO)CN(CC2(NC(=O)C(=O)c3c(C)c(C(=O)Nc4ccc(F)c(Cl)c4)n4c3CCC4)CC(F)(F)C2)C1. The number of carbonyl (C=O) groups is 3. The zero-order valence-corrected chi connectivity index (χ0v) is 23.1. The van der Waals surface area contributed by atoms with Gasteiger partial charge in [-0.3, -0.25) is 19.3 Å². The lowest BCUT2D eigenvalue weighted by Gasteiger charge is -2.56. The lowest BCUT2D eigenvalue weighted by Crippen LogP contribution is -2.71. The molecule has 1 aromatic carbocycles. The molecule has 3 N–H and O–H groups in total. The van der Waals surface area contributed by atoms with Gasteiger partial charge in [0, 0.05) is 55.8 Å². The normalized spacial score (nSPS) is 20.3. The Labute approximate surface area is 234 Å². The number of hydrogen-bond donors (Lipinski definition) is 3. The Balaban J connectivity index is 1.35. The number of likely N-dealkylation sites (tertiary alicyclic amines) is 1. The molecular formula is C28H32ClF3N4O4. The maximum Gasteiger partial charge on any atom is 0.292 e. The van der Waals surface area contributed by atoms with E-state index in [4.69, 9.17) is 11.6 Å². The van der Waals surface area contributed by atoms with Crippen LogP contribution in [0.4, 0.5) is 18.9 Å². The summed E-state index contributed by atoms with van der Waals surface area (Å²) in [5.41, 5.74) is -0.0966. The van der Waals surface area contributed by atoms with Crippen LogP contribution in [0.2, 0.25) is 5.02 Å². The molecule has 3 heterocycles. The molecular weight excluding hydrogens is 549 g/mol. The minimum Gasteiger partial charge on any atom is -0.396 e. The number of aliphatic hydroxyl groups is 1. The van der Waals surface area contributed by atoms with E-state index in [-0.39, 0.29) is 40.5 Å². The summed E-state index contributed by atoms with van der Waals surface area (Å²) >= 11 is 5.83. The molecule has 3 aliphatic rings. The first-order chi connectivity index (χ1) is 18.8. The summed E-state index contributed by atoms with van der Waals surface area (Å²) in [4.78, 5) is 41.9. The van der Waals surface area contributed by atoms with Gasteiger partial charge in [-0.05, 0) is 49.9 Å². The molecule has 0 atom stereocenters. The first-order valence-corrected chi connectivity index (χ1v) is 13.8. The van der Waals surface area contributed by atoms with Crippen molar-refractivity contribution in [2.24, 2.45) is 5.41 Å². The van der Waals surface area contributed by atoms with Gasteiger partial charge in [0.15, 0.2) is 0 Å². The molecule has 0 bridgehead atoms. The minimum atomic E-state index is -2.94. The number of benzene rings is 1. The van der Waals surface area contributed by atoms with Gasteiger partial charge in [0.25, 0.3) is 23.5 Å². The van der Waals surface area contributed by atoms with Gasteiger partial charge in [0.1, 0.15) is 11.5 Å². The van der Waals surface area contributed by atoms with E-state index in [2.05, 4.69) is 10.6 Å². The lowest BCUT2D eigenvalue weighted by molar-refractivity contribution is -0.160. The fraction of sp³-hybridized carbons (Fsp3) is 0.536. The molecule has 1 saturated carbocycles. The van der Waals surface area contributed by atoms with Gasteiger partial charge in [0.2, 0.25) is 0 Å². The average Bonchev–Trinajstić information content (AvgIpc) is 3.41. The number of fused-ring (bicyclic) bond motifs is 1. The van der Waals surface area contributed by atoms with Gasteiger partial charge >= 0.3 is 0 Å². The average molecular weight is 581 g/mol. The van der Waals surface area contributed by atoms with Crippen LogP contribution in [0.1, 0.15) is 64.7 Å². The van der Waals surface area contributed by atoms with Gasteiger partial charge in [-0.1, -0.05) is 18.5 Å². The van der Waals surface area contributed by atoms with E-state index >= 15 is 0 Å². The van der Waals surface area contributed by atoms with Crippen molar-refractivity contribution in [1.82, 2.24) is 14.8 Å². The quantitative estimate of drug-likeness (QED) is 0.308. The number of alkyl halides is 2. The van der Waals surface area contributed by atoms with E-state index in [1.807, 2.05) is 11.8 Å². The van der Waals surface area contributed by atoms with Crippen LogP contribution in [0.15, 0.2) is 18.2 Å². The monoisotopic (exact) mass is 580 g/mol. The molecule has 0 radical (unpaired) electrons. The molecule has 216 valence electrons. The summed E-state index contributed by atoms with van der Waals surface area (Å²) in [7, 11) is 0. The second-order valence-electron chi connectivity index (χ2n) is 11.6. The number of aromatic nitrogens is 1. The van der Waals surface area contributed by atoms with Crippen molar-refractivity contribution in [3.05, 3.63) is 51.6 Å². The third-order valence-corrected chi connectivity index (χ3v) is 8.83. The Morgan fingerprint density at radius 1 is 1.18 bits per heavy atom. The van der Waals surface area contributed by atoms with Crippen LogP contribution in [0, 0.1) is 18.2 Å². The number of nitrogens with one attached hydrogen (secondary N) is 2. The predicted molar refractivity (Wildman–Crippen MR) is 142 cm³/mol. The van der Waals surface area contributed by atoms with Gasteiger partial charge in [-0.2, -0.15) is 0 Å². The number of carbonyl (C=O) groups excluding carboxylic acids is 3. The molecule has 5 rings (SSSR count). The van der Waals surface area contributed by atoms with Crippen LogP contribution in [0.5, 0.6) is 0 Å². The highest BCUT2D eigenvalue weighted by Crippen LogP contribution is 2.47. The van der Waals surface area contributed by atoms with Crippen LogP contribution < -0.4 is 10.6 Å². The molecule has 0 unspecified atom stereocenters. The molecule has 8 nitrogen and oxygen atoms in total. The summed E-state index contributed by atoms with van der Waals surface area (Å²) in [6.45, 7) is 5.21. The smallest absolute Gasteiger partial charge is 0.292 e. The van der Waals surface area contributed by atoms with E-state index < -0.39 is 47.7 Å². The molecule has 0 spiro atoms. The third-order valence-electron chi connectivity index (χ3n) is 8.54. The van der Waals surface area contributed by atoms with Crippen molar-refractivity contribution < 1.29 is 32.7 Å². The van der Waals surface area contributed by atoms with Gasteiger partial charge in [-0.25, -0.2) is 13.2 Å². The summed E-state index contributed by atoms with van der Waals surface area (Å²) in [6, 6.07) is 3.76. The van der Waals surface area contributed by atoms with Crippen molar-refractivity contribution in [3.8, 4) is 0 Å². The lowest BCUT2D eigenvalue weighted by atomic mass is 9.70. The van der Waals surface area contributed by atoms with E-state index in [9.17, 15) is 32.7 Å². The number of aliphatic hydroxyl groups excluding tert-OH is 1. The van der Waals surface area contributed by atoms with Gasteiger partial charge in [0.05, 0.1) is 22.7 Å². The number of halogens is 4. The van der Waals surface area contributed by atoms with Crippen LogP contribution in [0.25, 0.3) is 0 Å². The molecule has 40 heavy (non-hydrogen) atoms. The Morgan fingerprint density at radius 3 is 2.48 bits per heavy atom. The maximum atomic E-state index is 14.1. The molecule has 1 aromatic heterocycles. The molecule has 1 saturated heterocycles. The van der Waals surface area contributed by atoms with Gasteiger partial charge < -0.3 is 20.3 Å². The topological polar surface area (TPSA) is 104 Å². The highest BCUT2D eigenvalue weighted by Gasteiger charge is 2.59. The van der Waals surface area contributed by atoms with Crippen molar-refractivity contribution in [2.45, 2.75) is 64.0 Å². The fourth-order valence-electron chi connectivity index (χ4n) is 6.54. The minimum absolute atomic E-state index is 0.00282. The van der Waals surface area contributed by atoms with E-state index in [1.54, 1.807) is 11.5 Å². The van der Waals surface area contributed by atoms with Crippen LogP contribution in [0.3, 0.4) is 0 Å². The van der Waals surface area contributed by atoms with Crippen LogP contribution in [-0.2, 0) is 17.8 Å². The second-order valence-corrected chi connectivity index (χ2v) is 12.0. The van der Waals surface area contributed by atoms with Crippen LogP contribution in [-0.4, -0.2) is 69.9 Å². The summed E-state index contributed by atoms with van der Waals surface area (Å²) < 4.78 is 43.3. The number of ketones is 1. The Bertz CT molecular complexity index is 1370. The number of anilines is 1. The van der Waals surface area contributed by atoms with E-state index in [1.165, 1.54) is 12.1 Å². The zero-order valence-electron chi connectivity index (χ0n) is 22.4. The Kier molecular flexibility index (Phi) is 7.29. The van der Waals surface area contributed by atoms with Crippen LogP contribution >= 0.6 is 11.6 Å². The summed E-state index contributed by atoms with van der Waals surface area (Å²) in [5, 5.41) is 14.8. The highest BCUT2D eigenvalue weighted by molar-refractivity contribution is 6.44. The van der Waals surface area contributed by atoms with Crippen molar-refractivity contribution in [3.63, 3.8) is 0 Å². The van der Waals surface area contributed by atoms with Gasteiger partial charge in [-0.15, -0.1) is 0 Å². The highest BCUT2D eigenvalue weighted by atomic mass is 35.5. The largest absolute Gasteiger partial charge is 0.396 e. The number of nitrogens with zero attached hydrogens (tertiary/aromatic N) is 2. The van der Waals surface area contributed by atoms with Crippen molar-refractivity contribution in [2.75, 3.05) is 31.6 Å². The Morgan fingerprint density at radius 2 is 1.88 bits per heavy atom. The molecule has 2 aromatic rings. The standard InChI is InChI=1S/C28H32ClF3N4O4/c1-3-26(15-37)12-35(13-26)14-27(10-28(31,32)11-27)34-25(40)23(38)21-16(2)22(36-8-4-5-20(21)36)24(39)33-17-6-7-19(30)18(29)9-17/h6-7,9,37H,3-5,8,10-15H2,1-2H3,(H,33,39)(H,34,40). The third kappa shape index (κ3) is 5.03. The molecule has 2 fully saturated rings. The molecule has 2 amide bonds. The van der Waals surface area contributed by atoms with E-state index in [0.717, 1.165) is 12.5 Å². The number of rotatable bonds is 9. The first-order valence-electron chi connectivity index (χ1n) is 13.4. The maximum absolute atomic E-state index is 14.1. The predicted octanol–water partition coefficient (Wildman–Crippen LogP) is 3.96. The summed E-state index contributed by atoms with van der Waals surface area (Å²) in [5.74, 6) is -5.97. The zero-order chi connectivity index (χ0) is 29.0. The summed E-state index contributed by atoms with van der Waals surface area (Å²) in [6.07, 6.45) is 0.734. The number of amides is 2. The van der Waals surface area contributed by atoms with Crippen molar-refractivity contribution >= 4 is 34.9 Å². The second kappa shape index (κ2) is 10.2. The first kappa shape index (κ1) is 28.6. The fourth-order valence-corrected chi connectivity index (χ4v) is 6.72. The molecule has 2 aliphatic heterocycles.